The number of pyridine rings is 1. The Bertz CT molecular complexity index is 1420. The summed E-state index contributed by atoms with van der Waals surface area (Å²) in [6.45, 7) is 6.04. The minimum absolute atomic E-state index is 0.0145. The standard InChI is InChI=1S/C30H36ClN5O4/c1-18(38)32-22-10-8-20(9-11-22)19-4-6-21(7-5-19)26-24(31)16-25-27(34-26)35-29(33-25)40-23-12-14-36(15-13-23)28(39)30(2,3)17-37/h4-8,16,22-23,37H,9-15,17H2,1-3H3,(H,32,38)(H,33,34,35). The molecule has 0 radical (unpaired) electrons. The first-order chi connectivity index (χ1) is 19.1. The Morgan fingerprint density at radius 3 is 2.48 bits per heavy atom. The lowest BCUT2D eigenvalue weighted by atomic mass is 9.90. The molecule has 3 heterocycles. The molecule has 1 aliphatic heterocycles. The number of rotatable bonds is 7. The summed E-state index contributed by atoms with van der Waals surface area (Å²) in [4.78, 5) is 38.2. The number of H-pyrrole nitrogens is 1. The third kappa shape index (κ3) is 6.15. The molecule has 40 heavy (non-hydrogen) atoms. The quantitative estimate of drug-likeness (QED) is 0.380. The number of imidazole rings is 1. The smallest absolute Gasteiger partial charge is 0.296 e. The lowest BCUT2D eigenvalue weighted by Crippen LogP contribution is -2.48. The highest BCUT2D eigenvalue weighted by Gasteiger charge is 2.34. The predicted molar refractivity (Wildman–Crippen MR) is 155 cm³/mol. The van der Waals surface area contributed by atoms with E-state index in [0.717, 1.165) is 30.4 Å². The van der Waals surface area contributed by atoms with Gasteiger partial charge in [0.2, 0.25) is 11.8 Å². The molecule has 1 saturated heterocycles. The van der Waals surface area contributed by atoms with E-state index in [4.69, 9.17) is 21.3 Å². The number of fused-ring (bicyclic) bond motifs is 1. The number of hydrogen-bond acceptors (Lipinski definition) is 6. The number of piperidine rings is 1. The monoisotopic (exact) mass is 565 g/mol. The van der Waals surface area contributed by atoms with E-state index in [0.29, 0.717) is 53.8 Å². The summed E-state index contributed by atoms with van der Waals surface area (Å²) in [5, 5.41) is 13.0. The van der Waals surface area contributed by atoms with E-state index >= 15 is 0 Å². The van der Waals surface area contributed by atoms with Crippen molar-refractivity contribution in [2.24, 2.45) is 5.41 Å². The molecule has 212 valence electrons. The third-order valence-corrected chi connectivity index (χ3v) is 8.02. The summed E-state index contributed by atoms with van der Waals surface area (Å²) in [6, 6.07) is 10.6. The maximum Gasteiger partial charge on any atom is 0.296 e. The Morgan fingerprint density at radius 1 is 1.15 bits per heavy atom. The highest BCUT2D eigenvalue weighted by atomic mass is 35.5. The number of aliphatic hydroxyl groups is 1. The molecule has 2 aliphatic rings. The van der Waals surface area contributed by atoms with Crippen molar-refractivity contribution in [3.8, 4) is 17.3 Å². The molecule has 10 heteroatoms. The van der Waals surface area contributed by atoms with Gasteiger partial charge in [-0.1, -0.05) is 41.9 Å². The average molecular weight is 566 g/mol. The highest BCUT2D eigenvalue weighted by Crippen LogP contribution is 2.33. The molecule has 1 aliphatic carbocycles. The average Bonchev–Trinajstić information content (AvgIpc) is 3.33. The Kier molecular flexibility index (Phi) is 8.14. The van der Waals surface area contributed by atoms with Crippen molar-refractivity contribution >= 4 is 40.2 Å². The number of nitrogens with one attached hydrogen (secondary N) is 2. The highest BCUT2D eigenvalue weighted by molar-refractivity contribution is 6.33. The minimum atomic E-state index is -0.777. The number of likely N-dealkylation sites (tertiary alicyclic amines) is 1. The van der Waals surface area contributed by atoms with Gasteiger partial charge in [0.15, 0.2) is 5.65 Å². The fourth-order valence-corrected chi connectivity index (χ4v) is 5.60. The lowest BCUT2D eigenvalue weighted by molar-refractivity contribution is -0.144. The number of carbonyl (C=O) groups is 2. The van der Waals surface area contributed by atoms with Crippen LogP contribution in [0.25, 0.3) is 28.0 Å². The Labute approximate surface area is 239 Å². The van der Waals surface area contributed by atoms with Crippen molar-refractivity contribution in [1.82, 2.24) is 25.2 Å². The largest absolute Gasteiger partial charge is 0.461 e. The molecule has 3 N–H and O–H groups in total. The second-order valence-corrected chi connectivity index (χ2v) is 11.8. The fraction of sp³-hybridized carbons (Fsp3) is 0.467. The normalized spacial score (nSPS) is 18.5. The number of halogens is 1. The minimum Gasteiger partial charge on any atom is -0.461 e. The molecule has 2 amide bonds. The molecule has 0 bridgehead atoms. The van der Waals surface area contributed by atoms with E-state index in [9.17, 15) is 14.7 Å². The van der Waals surface area contributed by atoms with Crippen molar-refractivity contribution < 1.29 is 19.4 Å². The van der Waals surface area contributed by atoms with Gasteiger partial charge in [-0.3, -0.25) is 9.59 Å². The van der Waals surface area contributed by atoms with Crippen molar-refractivity contribution in [3.05, 3.63) is 47.0 Å². The third-order valence-electron chi connectivity index (χ3n) is 7.73. The van der Waals surface area contributed by atoms with Crippen molar-refractivity contribution in [2.45, 2.75) is 65.0 Å². The topological polar surface area (TPSA) is 120 Å². The molecule has 1 unspecified atom stereocenters. The number of allylic oxidation sites excluding steroid dienone is 1. The predicted octanol–water partition coefficient (Wildman–Crippen LogP) is 4.74. The van der Waals surface area contributed by atoms with Gasteiger partial charge < -0.3 is 25.0 Å². The molecule has 9 nitrogen and oxygen atoms in total. The van der Waals surface area contributed by atoms with E-state index in [1.54, 1.807) is 25.7 Å². The van der Waals surface area contributed by atoms with Gasteiger partial charge in [0, 0.05) is 44.5 Å². The molecule has 0 saturated carbocycles. The molecule has 2 aromatic heterocycles. The van der Waals surface area contributed by atoms with Crippen LogP contribution in [0.5, 0.6) is 6.01 Å². The molecule has 5 rings (SSSR count). The summed E-state index contributed by atoms with van der Waals surface area (Å²) in [6.07, 6.45) is 6.18. The Hall–Kier alpha value is -3.43. The number of hydrogen-bond donors (Lipinski definition) is 3. The van der Waals surface area contributed by atoms with Gasteiger partial charge >= 0.3 is 0 Å². The number of ether oxygens (including phenoxy) is 1. The van der Waals surface area contributed by atoms with Crippen LogP contribution in [0.2, 0.25) is 5.02 Å². The second-order valence-electron chi connectivity index (χ2n) is 11.4. The zero-order valence-electron chi connectivity index (χ0n) is 23.2. The van der Waals surface area contributed by atoms with Gasteiger partial charge in [-0.05, 0) is 50.3 Å². The van der Waals surface area contributed by atoms with Crippen LogP contribution in [0, 0.1) is 5.41 Å². The molecular weight excluding hydrogens is 530 g/mol. The Balaban J connectivity index is 1.24. The summed E-state index contributed by atoms with van der Waals surface area (Å²) in [5.74, 6) is -0.0247. The number of aliphatic hydroxyl groups excluding tert-OH is 1. The van der Waals surface area contributed by atoms with Crippen LogP contribution in [-0.4, -0.2) is 68.6 Å². The van der Waals surface area contributed by atoms with Crippen LogP contribution in [0.1, 0.15) is 58.4 Å². The van der Waals surface area contributed by atoms with Gasteiger partial charge in [0.1, 0.15) is 6.10 Å². The number of benzene rings is 1. The molecule has 1 aromatic carbocycles. The SMILES string of the molecule is CC(=O)NC1CC=C(c2ccc(-c3nc4nc(OC5CCN(C(=O)C(C)(C)CO)CC5)[nH]c4cc3Cl)cc2)CC1. The first-order valence-electron chi connectivity index (χ1n) is 13.8. The van der Waals surface area contributed by atoms with Crippen molar-refractivity contribution in [3.63, 3.8) is 0 Å². The first-order valence-corrected chi connectivity index (χ1v) is 14.2. The number of nitrogens with zero attached hydrogens (tertiary/aromatic N) is 3. The van der Waals surface area contributed by atoms with Crippen LogP contribution in [0.15, 0.2) is 36.4 Å². The molecule has 1 fully saturated rings. The Morgan fingerprint density at radius 2 is 1.85 bits per heavy atom. The van der Waals surface area contributed by atoms with E-state index < -0.39 is 5.41 Å². The number of carbonyl (C=O) groups excluding carboxylic acids is 2. The van der Waals surface area contributed by atoms with Crippen LogP contribution < -0.4 is 10.1 Å². The molecule has 0 spiro atoms. The summed E-state index contributed by atoms with van der Waals surface area (Å²) in [5.41, 5.74) is 4.43. The van der Waals surface area contributed by atoms with Gasteiger partial charge in [-0.15, -0.1) is 0 Å². The van der Waals surface area contributed by atoms with Crippen LogP contribution in [0.3, 0.4) is 0 Å². The van der Waals surface area contributed by atoms with Crippen molar-refractivity contribution in [1.29, 1.82) is 0 Å². The lowest BCUT2D eigenvalue weighted by Gasteiger charge is -2.36. The maximum absolute atomic E-state index is 12.6. The van der Waals surface area contributed by atoms with Gasteiger partial charge in [0.25, 0.3) is 6.01 Å². The van der Waals surface area contributed by atoms with E-state index in [1.807, 2.05) is 18.2 Å². The van der Waals surface area contributed by atoms with Crippen LogP contribution >= 0.6 is 11.6 Å². The van der Waals surface area contributed by atoms with E-state index in [1.165, 1.54) is 5.57 Å². The van der Waals surface area contributed by atoms with Crippen molar-refractivity contribution in [2.75, 3.05) is 19.7 Å². The zero-order chi connectivity index (χ0) is 28.4. The zero-order valence-corrected chi connectivity index (χ0v) is 23.9. The van der Waals surface area contributed by atoms with E-state index in [-0.39, 0.29) is 30.6 Å². The summed E-state index contributed by atoms with van der Waals surface area (Å²) >= 11 is 6.63. The van der Waals surface area contributed by atoms with Crippen LogP contribution in [-0.2, 0) is 9.59 Å². The van der Waals surface area contributed by atoms with Gasteiger partial charge in [-0.2, -0.15) is 4.98 Å². The van der Waals surface area contributed by atoms with E-state index in [2.05, 4.69) is 33.5 Å². The number of amides is 2. The molecule has 3 aromatic rings. The van der Waals surface area contributed by atoms with Gasteiger partial charge in [-0.25, -0.2) is 4.98 Å². The van der Waals surface area contributed by atoms with Crippen LogP contribution in [0.4, 0.5) is 0 Å². The molecule has 1 atom stereocenters. The fourth-order valence-electron chi connectivity index (χ4n) is 5.34. The summed E-state index contributed by atoms with van der Waals surface area (Å²) < 4.78 is 6.11. The second kappa shape index (κ2) is 11.6. The first kappa shape index (κ1) is 28.1. The number of aromatic nitrogens is 3. The number of aromatic amines is 1. The van der Waals surface area contributed by atoms with Gasteiger partial charge in [0.05, 0.1) is 28.3 Å². The molecular formula is C30H36ClN5O4. The maximum atomic E-state index is 12.6. The summed E-state index contributed by atoms with van der Waals surface area (Å²) in [7, 11) is 0.